The molecular weight excluding hydrogens is 197 g/mol. The van der Waals surface area contributed by atoms with Crippen LogP contribution in [0.1, 0.15) is 13.8 Å². The van der Waals surface area contributed by atoms with Crippen LogP contribution in [0.25, 0.3) is 0 Å². The zero-order chi connectivity index (χ0) is 11.5. The fourth-order valence-corrected chi connectivity index (χ4v) is 3.60. The molecule has 0 bridgehead atoms. The number of hydrogen-bond acceptors (Lipinski definition) is 1. The van der Waals surface area contributed by atoms with E-state index in [9.17, 15) is 4.57 Å². The van der Waals surface area contributed by atoms with Crippen LogP contribution in [-0.2, 0) is 4.57 Å². The van der Waals surface area contributed by atoms with Gasteiger partial charge < -0.3 is 4.67 Å². The van der Waals surface area contributed by atoms with Crippen molar-refractivity contribution in [2.75, 3.05) is 35.2 Å². The molecule has 0 unspecified atom stereocenters. The molecule has 5 heteroatoms. The highest BCUT2D eigenvalue weighted by molar-refractivity contribution is 7.56. The normalized spacial score (nSPS) is 13.9. The lowest BCUT2D eigenvalue weighted by atomic mass is 10.5. The van der Waals surface area contributed by atoms with Crippen molar-refractivity contribution < 1.29 is 4.57 Å². The van der Waals surface area contributed by atoms with Crippen LogP contribution in [0.2, 0.25) is 0 Å². The number of rotatable bonds is 4. The third-order valence-electron chi connectivity index (χ3n) is 2.36. The second-order valence-electron chi connectivity index (χ2n) is 3.66. The topological polar surface area (TPSA) is 26.8 Å². The van der Waals surface area contributed by atoms with Crippen LogP contribution in [0, 0.1) is 0 Å². The fourth-order valence-electron chi connectivity index (χ4n) is 1.29. The van der Waals surface area contributed by atoms with Crippen LogP contribution in [-0.4, -0.2) is 49.2 Å². The predicted octanol–water partition coefficient (Wildman–Crippen LogP) is 2.07. The van der Waals surface area contributed by atoms with E-state index < -0.39 is 7.59 Å². The summed E-state index contributed by atoms with van der Waals surface area (Å²) in [5.74, 6) is 0. The van der Waals surface area contributed by atoms with E-state index in [0.717, 1.165) is 5.70 Å². The standard InChI is InChI=1S/C9H22N3OP/c1-8-9(2)12(7)14(13,10(3)4)11(5)6/h8H,1-7H3/b9-8-. The Morgan fingerprint density at radius 1 is 1.07 bits per heavy atom. The van der Waals surface area contributed by atoms with Gasteiger partial charge in [0.15, 0.2) is 0 Å². The Bertz CT molecular complexity index is 249. The summed E-state index contributed by atoms with van der Waals surface area (Å²) in [5.41, 5.74) is 1.01. The fraction of sp³-hybridized carbons (Fsp3) is 0.778. The molecule has 0 saturated heterocycles. The second kappa shape index (κ2) is 4.96. The Balaban J connectivity index is 5.14. The van der Waals surface area contributed by atoms with Crippen molar-refractivity contribution in [2.24, 2.45) is 0 Å². The average Bonchev–Trinajstić information content (AvgIpc) is 2.13. The van der Waals surface area contributed by atoms with Gasteiger partial charge in [-0.25, -0.2) is 9.34 Å². The van der Waals surface area contributed by atoms with E-state index in [1.165, 1.54) is 0 Å². The predicted molar refractivity (Wildman–Crippen MR) is 62.2 cm³/mol. The summed E-state index contributed by atoms with van der Waals surface area (Å²) in [6, 6.07) is 0. The Kier molecular flexibility index (Phi) is 4.85. The maximum Gasteiger partial charge on any atom is 0.309 e. The van der Waals surface area contributed by atoms with Crippen molar-refractivity contribution in [3.63, 3.8) is 0 Å². The first kappa shape index (κ1) is 13.7. The number of nitrogens with zero attached hydrogens (tertiary/aromatic N) is 3. The van der Waals surface area contributed by atoms with Gasteiger partial charge in [0.1, 0.15) is 0 Å². The molecule has 0 aromatic heterocycles. The van der Waals surface area contributed by atoms with Crippen LogP contribution >= 0.6 is 7.59 Å². The van der Waals surface area contributed by atoms with Crippen LogP contribution in [0.3, 0.4) is 0 Å². The van der Waals surface area contributed by atoms with Crippen molar-refractivity contribution in [3.8, 4) is 0 Å². The summed E-state index contributed by atoms with van der Waals surface area (Å²) in [6.45, 7) is 3.90. The molecule has 0 amide bonds. The molecular formula is C9H22N3OP. The van der Waals surface area contributed by atoms with Gasteiger partial charge in [0, 0.05) is 12.7 Å². The highest BCUT2D eigenvalue weighted by Crippen LogP contribution is 2.53. The van der Waals surface area contributed by atoms with Crippen molar-refractivity contribution in [1.29, 1.82) is 0 Å². The Hall–Kier alpha value is -0.310. The van der Waals surface area contributed by atoms with E-state index in [1.807, 2.05) is 59.8 Å². The average molecular weight is 219 g/mol. The van der Waals surface area contributed by atoms with E-state index in [2.05, 4.69) is 0 Å². The largest absolute Gasteiger partial charge is 0.309 e. The lowest BCUT2D eigenvalue weighted by molar-refractivity contribution is 0.386. The van der Waals surface area contributed by atoms with Crippen molar-refractivity contribution in [1.82, 2.24) is 14.0 Å². The summed E-state index contributed by atoms with van der Waals surface area (Å²) in [4.78, 5) is 0. The van der Waals surface area contributed by atoms with Gasteiger partial charge in [0.25, 0.3) is 0 Å². The smallest absolute Gasteiger partial charge is 0.307 e. The lowest BCUT2D eigenvalue weighted by Gasteiger charge is -2.38. The van der Waals surface area contributed by atoms with Gasteiger partial charge in [-0.3, -0.25) is 4.57 Å². The van der Waals surface area contributed by atoms with E-state index in [0.29, 0.717) is 0 Å². The maximum absolute atomic E-state index is 12.6. The minimum absolute atomic E-state index is 1.01. The van der Waals surface area contributed by atoms with Crippen LogP contribution in [0.15, 0.2) is 11.8 Å². The molecule has 0 atom stereocenters. The third kappa shape index (κ3) is 2.38. The molecule has 0 aromatic carbocycles. The van der Waals surface area contributed by atoms with Gasteiger partial charge in [0.2, 0.25) is 0 Å². The molecule has 0 spiro atoms. The van der Waals surface area contributed by atoms with Crippen LogP contribution in [0.5, 0.6) is 0 Å². The molecule has 84 valence electrons. The van der Waals surface area contributed by atoms with Crippen LogP contribution < -0.4 is 0 Å². The van der Waals surface area contributed by atoms with Crippen molar-refractivity contribution >= 4 is 7.59 Å². The van der Waals surface area contributed by atoms with E-state index >= 15 is 0 Å². The summed E-state index contributed by atoms with van der Waals surface area (Å²) < 4.78 is 18.0. The van der Waals surface area contributed by atoms with E-state index in [4.69, 9.17) is 0 Å². The zero-order valence-electron chi connectivity index (χ0n) is 10.3. The highest BCUT2D eigenvalue weighted by atomic mass is 31.2. The maximum atomic E-state index is 12.6. The third-order valence-corrected chi connectivity index (χ3v) is 5.54. The molecule has 0 heterocycles. The molecule has 0 radical (unpaired) electrons. The molecule has 0 aliphatic heterocycles. The molecule has 0 N–H and O–H groups in total. The first-order chi connectivity index (χ1) is 6.28. The molecule has 0 aliphatic rings. The zero-order valence-corrected chi connectivity index (χ0v) is 11.2. The van der Waals surface area contributed by atoms with Gasteiger partial charge >= 0.3 is 7.59 Å². The van der Waals surface area contributed by atoms with Gasteiger partial charge in [-0.05, 0) is 42.0 Å². The van der Waals surface area contributed by atoms with E-state index in [1.54, 1.807) is 9.34 Å². The van der Waals surface area contributed by atoms with Crippen molar-refractivity contribution in [3.05, 3.63) is 11.8 Å². The Morgan fingerprint density at radius 3 is 1.64 bits per heavy atom. The van der Waals surface area contributed by atoms with Gasteiger partial charge in [-0.1, -0.05) is 6.08 Å². The Morgan fingerprint density at radius 2 is 1.43 bits per heavy atom. The second-order valence-corrected chi connectivity index (χ2v) is 6.89. The van der Waals surface area contributed by atoms with Crippen molar-refractivity contribution in [2.45, 2.75) is 13.8 Å². The van der Waals surface area contributed by atoms with Crippen LogP contribution in [0.4, 0.5) is 0 Å². The Labute approximate surface area is 87.7 Å². The molecule has 0 saturated carbocycles. The summed E-state index contributed by atoms with van der Waals surface area (Å²) >= 11 is 0. The highest BCUT2D eigenvalue weighted by Gasteiger charge is 2.33. The summed E-state index contributed by atoms with van der Waals surface area (Å²) in [5, 5.41) is 0. The molecule has 0 aliphatic carbocycles. The summed E-state index contributed by atoms with van der Waals surface area (Å²) in [7, 11) is 6.60. The van der Waals surface area contributed by atoms with Gasteiger partial charge in [0.05, 0.1) is 0 Å². The number of allylic oxidation sites excluding steroid dienone is 2. The quantitative estimate of drug-likeness (QED) is 0.676. The van der Waals surface area contributed by atoms with Gasteiger partial charge in [-0.2, -0.15) is 0 Å². The first-order valence-corrected chi connectivity index (χ1v) is 6.17. The summed E-state index contributed by atoms with van der Waals surface area (Å²) in [6.07, 6.45) is 1.96. The SMILES string of the molecule is C/C=C(/C)N(C)P(=O)(N(C)C)N(C)C. The lowest BCUT2D eigenvalue weighted by Crippen LogP contribution is -2.31. The molecule has 0 aromatic rings. The van der Waals surface area contributed by atoms with E-state index in [-0.39, 0.29) is 0 Å². The number of hydrogen-bond donors (Lipinski definition) is 0. The molecule has 4 nitrogen and oxygen atoms in total. The molecule has 14 heavy (non-hydrogen) atoms. The minimum Gasteiger partial charge on any atom is -0.307 e. The molecule has 0 fully saturated rings. The monoisotopic (exact) mass is 219 g/mol. The van der Waals surface area contributed by atoms with Gasteiger partial charge in [-0.15, -0.1) is 0 Å². The first-order valence-electron chi connectivity index (χ1n) is 4.61. The minimum atomic E-state index is -2.60. The molecule has 0 rings (SSSR count).